The standard InChI is InChI=1S/C63H98N4O2S/c1-14-18-22-26-28-32-36-46(34-30-24-20-16-3)54-51-41-40-50(48-38-39-49(62(9,10)44(5)6)59(65-70)58(48)64-13)66(51)60(68)56-55(47(35-31-25-21-17-4)37-33-29-27-23-19-15-2)52-42-43-53(63(11,12)45(7)8)67(52)61(69)57(54)56/h38-47,70H,14-37H2,1-13H3/b64-58-,65-59-. The van der Waals surface area contributed by atoms with Crippen molar-refractivity contribution in [1.82, 2.24) is 8.80 Å². The zero-order valence-corrected chi connectivity index (χ0v) is 47.7. The Bertz CT molecular complexity index is 2540. The molecule has 6 nitrogen and oxygen atoms in total. The molecule has 0 fully saturated rings. The minimum atomic E-state index is -0.274. The molecule has 0 amide bonds. The van der Waals surface area contributed by atoms with Crippen molar-refractivity contribution in [2.45, 2.75) is 254 Å². The number of hydrogen-bond acceptors (Lipinski definition) is 5. The summed E-state index contributed by atoms with van der Waals surface area (Å²) >= 11 is 4.61. The van der Waals surface area contributed by atoms with E-state index in [1.165, 1.54) is 103 Å². The van der Waals surface area contributed by atoms with Crippen LogP contribution in [0.2, 0.25) is 0 Å². The van der Waals surface area contributed by atoms with E-state index in [-0.39, 0.29) is 33.8 Å². The van der Waals surface area contributed by atoms with Crippen LogP contribution < -0.4 is 11.1 Å². The minimum absolute atomic E-state index is 0.00805. The number of thiol groups is 1. The number of nitrogens with zero attached hydrogens (tertiary/aromatic N) is 4. The van der Waals surface area contributed by atoms with E-state index in [2.05, 4.69) is 141 Å². The second kappa shape index (κ2) is 27.0. The molecule has 0 N–H and O–H groups in total. The number of unbranched alkanes of at least 4 members (excludes halogenated alkanes) is 16. The average molecular weight is 976 g/mol. The van der Waals surface area contributed by atoms with Gasteiger partial charge in [-0.15, -0.1) is 0 Å². The number of rotatable bonds is 31. The molecule has 2 atom stereocenters. The molecule has 1 aliphatic rings. The first-order valence-corrected chi connectivity index (χ1v) is 29.2. The van der Waals surface area contributed by atoms with Crippen LogP contribution >= 0.6 is 12.8 Å². The molecule has 0 aliphatic heterocycles. The molecule has 388 valence electrons. The zero-order chi connectivity index (χ0) is 51.2. The Balaban J connectivity index is 1.99. The average Bonchev–Trinajstić information content (AvgIpc) is 3.99. The van der Waals surface area contributed by atoms with Crippen LogP contribution in [0.15, 0.2) is 61.0 Å². The number of hydrogen-bond donors (Lipinski definition) is 1. The van der Waals surface area contributed by atoms with Crippen LogP contribution in [-0.2, 0) is 5.41 Å². The molecule has 0 bridgehead atoms. The Labute approximate surface area is 431 Å². The molecule has 0 spiro atoms. The van der Waals surface area contributed by atoms with Crippen LogP contribution in [0, 0.1) is 17.3 Å². The van der Waals surface area contributed by atoms with E-state index in [0.717, 1.165) is 107 Å². The first-order chi connectivity index (χ1) is 33.6. The summed E-state index contributed by atoms with van der Waals surface area (Å²) in [6.07, 6.45) is 32.3. The molecule has 1 aliphatic carbocycles. The second-order valence-corrected chi connectivity index (χ2v) is 23.4. The molecular formula is C63H98N4O2S. The van der Waals surface area contributed by atoms with Crippen molar-refractivity contribution in [1.29, 1.82) is 0 Å². The molecule has 4 aromatic heterocycles. The maximum absolute atomic E-state index is 16.5. The van der Waals surface area contributed by atoms with E-state index < -0.39 is 0 Å². The van der Waals surface area contributed by atoms with Gasteiger partial charge in [0.15, 0.2) is 0 Å². The maximum Gasteiger partial charge on any atom is 0.264 e. The van der Waals surface area contributed by atoms with E-state index in [1.807, 2.05) is 11.4 Å². The molecule has 5 rings (SSSR count). The van der Waals surface area contributed by atoms with Gasteiger partial charge in [-0.05, 0) is 109 Å². The highest BCUT2D eigenvalue weighted by Crippen LogP contribution is 2.44. The van der Waals surface area contributed by atoms with E-state index in [0.29, 0.717) is 22.6 Å². The fourth-order valence-electron chi connectivity index (χ4n) is 11.5. The van der Waals surface area contributed by atoms with Gasteiger partial charge in [0.2, 0.25) is 0 Å². The summed E-state index contributed by atoms with van der Waals surface area (Å²) in [7, 11) is 1.84. The largest absolute Gasteiger partial charge is 0.286 e. The van der Waals surface area contributed by atoms with Gasteiger partial charge in [-0.1, -0.05) is 224 Å². The second-order valence-electron chi connectivity index (χ2n) is 23.2. The summed E-state index contributed by atoms with van der Waals surface area (Å²) < 4.78 is 8.79. The Morgan fingerprint density at radius 3 is 1.34 bits per heavy atom. The zero-order valence-electron chi connectivity index (χ0n) is 46.8. The predicted octanol–water partition coefficient (Wildman–Crippen LogP) is 18.4. The fourth-order valence-corrected chi connectivity index (χ4v) is 11.8. The first kappa shape index (κ1) is 57.5. The predicted molar refractivity (Wildman–Crippen MR) is 311 cm³/mol. The lowest BCUT2D eigenvalue weighted by molar-refractivity contribution is 0.322. The van der Waals surface area contributed by atoms with Crippen molar-refractivity contribution in [2.75, 3.05) is 7.05 Å². The summed E-state index contributed by atoms with van der Waals surface area (Å²) in [6, 6.07) is 8.76. The highest BCUT2D eigenvalue weighted by Gasteiger charge is 2.37. The summed E-state index contributed by atoms with van der Waals surface area (Å²) in [5, 5.41) is 1.36. The number of pyridine rings is 2. The molecule has 0 radical (unpaired) electrons. The number of aromatic nitrogens is 2. The van der Waals surface area contributed by atoms with Gasteiger partial charge in [0.25, 0.3) is 11.1 Å². The van der Waals surface area contributed by atoms with Crippen molar-refractivity contribution in [2.24, 2.45) is 26.6 Å². The van der Waals surface area contributed by atoms with Crippen molar-refractivity contribution in [3.05, 3.63) is 85.2 Å². The van der Waals surface area contributed by atoms with E-state index in [9.17, 15) is 0 Å². The SMILES string of the molecule is CCCCCCCCC(CCCCCC)c1c2c(=O)n3c(C(C)(C)C(C)C)ccc3c(C(CCCCCC)CCCCCCCC)c2c(=O)n2c(C3=CC=C(C(C)(C)C(C)C)C(=N/S)/C3=N\C)ccc12. The van der Waals surface area contributed by atoms with Crippen LogP contribution in [0.1, 0.15) is 272 Å². The van der Waals surface area contributed by atoms with Crippen LogP contribution in [0.3, 0.4) is 0 Å². The van der Waals surface area contributed by atoms with Gasteiger partial charge >= 0.3 is 0 Å². The number of allylic oxidation sites excluding steroid dienone is 4. The maximum atomic E-state index is 16.5. The van der Waals surface area contributed by atoms with E-state index in [1.54, 1.807) is 0 Å². The normalized spacial score (nSPS) is 16.0. The van der Waals surface area contributed by atoms with Crippen LogP contribution in [0.25, 0.3) is 27.4 Å². The van der Waals surface area contributed by atoms with Crippen LogP contribution in [0.4, 0.5) is 0 Å². The topological polar surface area (TPSA) is 67.7 Å². The summed E-state index contributed by atoms with van der Waals surface area (Å²) in [5.74, 6) is 0.912. The lowest BCUT2D eigenvalue weighted by atomic mass is 9.70. The van der Waals surface area contributed by atoms with E-state index >= 15 is 9.59 Å². The quantitative estimate of drug-likeness (QED) is 0.0310. The highest BCUT2D eigenvalue weighted by molar-refractivity contribution is 7.79. The molecule has 4 aromatic rings. The third-order valence-electron chi connectivity index (χ3n) is 17.4. The minimum Gasteiger partial charge on any atom is -0.286 e. The smallest absolute Gasteiger partial charge is 0.264 e. The van der Waals surface area contributed by atoms with Crippen molar-refractivity contribution in [3.8, 4) is 0 Å². The van der Waals surface area contributed by atoms with E-state index in [4.69, 9.17) is 4.99 Å². The molecular weight excluding hydrogens is 877 g/mol. The van der Waals surface area contributed by atoms with Gasteiger partial charge in [0.1, 0.15) is 5.71 Å². The monoisotopic (exact) mass is 975 g/mol. The summed E-state index contributed by atoms with van der Waals surface area (Å²) in [6.45, 7) is 27.3. The van der Waals surface area contributed by atoms with Gasteiger partial charge < -0.3 is 0 Å². The van der Waals surface area contributed by atoms with Crippen molar-refractivity contribution >= 4 is 51.6 Å². The van der Waals surface area contributed by atoms with Gasteiger partial charge in [0, 0.05) is 23.7 Å². The lowest BCUT2D eigenvalue weighted by Gasteiger charge is -2.35. The van der Waals surface area contributed by atoms with Crippen LogP contribution in [-0.4, -0.2) is 27.3 Å². The van der Waals surface area contributed by atoms with Crippen LogP contribution in [0.5, 0.6) is 0 Å². The molecule has 0 saturated carbocycles. The lowest BCUT2D eigenvalue weighted by Crippen LogP contribution is -2.34. The number of aliphatic imine (C=N–C) groups is 1. The molecule has 0 saturated heterocycles. The first-order valence-electron chi connectivity index (χ1n) is 28.8. The van der Waals surface area contributed by atoms with Crippen molar-refractivity contribution < 1.29 is 0 Å². The molecule has 7 heteroatoms. The Morgan fingerprint density at radius 1 is 0.514 bits per heavy atom. The molecule has 0 aromatic carbocycles. The molecule has 70 heavy (non-hydrogen) atoms. The third-order valence-corrected chi connectivity index (χ3v) is 17.6. The van der Waals surface area contributed by atoms with Crippen molar-refractivity contribution in [3.63, 3.8) is 0 Å². The van der Waals surface area contributed by atoms with Gasteiger partial charge in [-0.3, -0.25) is 23.4 Å². The highest BCUT2D eigenvalue weighted by atomic mass is 32.1. The Kier molecular flexibility index (Phi) is 22.2. The Morgan fingerprint density at radius 2 is 0.914 bits per heavy atom. The van der Waals surface area contributed by atoms with Gasteiger partial charge in [0.05, 0.1) is 33.2 Å². The number of fused-ring (bicyclic) bond motifs is 3. The molecule has 2 unspecified atom stereocenters. The fraction of sp³-hybridized carbons (Fsp3) is 0.683. The Hall–Kier alpha value is -3.45. The summed E-state index contributed by atoms with van der Waals surface area (Å²) in [5.41, 5.74) is 8.82. The third kappa shape index (κ3) is 12.7. The molecule has 4 heterocycles. The van der Waals surface area contributed by atoms with Gasteiger partial charge in [-0.2, -0.15) is 0 Å². The summed E-state index contributed by atoms with van der Waals surface area (Å²) in [4.78, 5) is 37.7. The van der Waals surface area contributed by atoms with Gasteiger partial charge in [-0.25, -0.2) is 4.40 Å².